The van der Waals surface area contributed by atoms with Gasteiger partial charge in [-0.15, -0.1) is 12.4 Å². The third-order valence-corrected chi connectivity index (χ3v) is 5.53. The molecule has 0 bridgehead atoms. The van der Waals surface area contributed by atoms with E-state index in [2.05, 4.69) is 0 Å². The van der Waals surface area contributed by atoms with Gasteiger partial charge in [-0.05, 0) is 20.2 Å². The molecule has 0 atom stereocenters. The number of carbonyl (C=O) groups excluding carboxylic acids is 1. The molecule has 1 N–H and O–H groups in total. The zero-order valence-electron chi connectivity index (χ0n) is 15.7. The molecule has 1 aromatic rings. The Morgan fingerprint density at radius 2 is 1.74 bits per heavy atom. The van der Waals surface area contributed by atoms with E-state index in [9.17, 15) is 28.4 Å². The lowest BCUT2D eigenvalue weighted by molar-refractivity contribution is -0.385. The topological polar surface area (TPSA) is 124 Å². The molecule has 154 valence electrons. The second-order valence-corrected chi connectivity index (χ2v) is 7.94. The molecule has 0 saturated carbocycles. The molecule has 0 aliphatic rings. The van der Waals surface area contributed by atoms with Crippen LogP contribution in [-0.2, 0) is 10.0 Å². The summed E-state index contributed by atoms with van der Waals surface area (Å²) in [5.41, 5.74) is -1.07. The molecule has 0 spiro atoms. The molecule has 1 aromatic carbocycles. The molecule has 0 radical (unpaired) electrons. The Kier molecular flexibility index (Phi) is 9.82. The number of nitro benzene ring substituents is 1. The highest BCUT2D eigenvalue weighted by atomic mass is 35.5. The van der Waals surface area contributed by atoms with Gasteiger partial charge in [0, 0.05) is 39.8 Å². The normalized spacial score (nSPS) is 11.4. The van der Waals surface area contributed by atoms with Gasteiger partial charge in [-0.3, -0.25) is 14.9 Å². The van der Waals surface area contributed by atoms with Crippen molar-refractivity contribution in [2.75, 3.05) is 54.4 Å². The van der Waals surface area contributed by atoms with Crippen molar-refractivity contribution in [3.05, 3.63) is 33.9 Å². The third kappa shape index (κ3) is 6.11. The molecule has 12 heteroatoms. The maximum absolute atomic E-state index is 13.1. The van der Waals surface area contributed by atoms with Crippen LogP contribution in [0, 0.1) is 10.1 Å². The van der Waals surface area contributed by atoms with Crippen LogP contribution in [0.25, 0.3) is 0 Å². The maximum Gasteiger partial charge on any atom is 0.283 e. The number of sulfonamides is 1. The van der Waals surface area contributed by atoms with Gasteiger partial charge >= 0.3 is 0 Å². The number of likely N-dealkylation sites (N-methyl/N-ethyl adjacent to an activating group) is 1. The molecule has 0 unspecified atom stereocenters. The van der Waals surface area contributed by atoms with Crippen molar-refractivity contribution in [2.45, 2.75) is 4.90 Å². The maximum atomic E-state index is 13.1. The number of rotatable bonds is 9. The largest absolute Gasteiger partial charge is 0.395 e. The Morgan fingerprint density at radius 3 is 2.19 bits per heavy atom. The molecule has 27 heavy (non-hydrogen) atoms. The molecule has 1 rings (SSSR count). The van der Waals surface area contributed by atoms with E-state index in [-0.39, 0.29) is 25.5 Å². The Hall–Kier alpha value is -1.79. The van der Waals surface area contributed by atoms with Gasteiger partial charge in [0.2, 0.25) is 10.0 Å². The van der Waals surface area contributed by atoms with Crippen LogP contribution in [0.2, 0.25) is 0 Å². The van der Waals surface area contributed by atoms with E-state index in [1.165, 1.54) is 26.2 Å². The summed E-state index contributed by atoms with van der Waals surface area (Å²) in [6, 6.07) is 3.48. The number of carbonyl (C=O) groups is 1. The van der Waals surface area contributed by atoms with Crippen LogP contribution in [0.4, 0.5) is 5.69 Å². The average molecular weight is 425 g/mol. The fraction of sp³-hybridized carbons (Fsp3) is 0.533. The standard InChI is InChI=1S/C15H24N4O6S.ClH/c1-16(2)8-9-18(10-11-20)26(24,25)13-7-5-6-12(19(22)23)14(13)15(21)17(3)4;/h5-7,20H,8-11H2,1-4H3;1H. The highest BCUT2D eigenvalue weighted by molar-refractivity contribution is 7.89. The van der Waals surface area contributed by atoms with E-state index < -0.39 is 43.6 Å². The number of nitrogens with zero attached hydrogens (tertiary/aromatic N) is 4. The zero-order valence-corrected chi connectivity index (χ0v) is 17.3. The summed E-state index contributed by atoms with van der Waals surface area (Å²) in [6.07, 6.45) is 0. The van der Waals surface area contributed by atoms with Crippen molar-refractivity contribution in [3.63, 3.8) is 0 Å². The fourth-order valence-corrected chi connectivity index (χ4v) is 3.86. The Labute approximate surface area is 165 Å². The Balaban J connectivity index is 0.00000676. The minimum absolute atomic E-state index is 0. The Morgan fingerprint density at radius 1 is 1.15 bits per heavy atom. The second kappa shape index (κ2) is 10.5. The first-order chi connectivity index (χ1) is 12.0. The van der Waals surface area contributed by atoms with Gasteiger partial charge in [0.05, 0.1) is 11.5 Å². The summed E-state index contributed by atoms with van der Waals surface area (Å²) in [7, 11) is 2.06. The van der Waals surface area contributed by atoms with Gasteiger partial charge in [-0.25, -0.2) is 8.42 Å². The minimum atomic E-state index is -4.23. The van der Waals surface area contributed by atoms with E-state index in [0.717, 1.165) is 15.3 Å². The van der Waals surface area contributed by atoms with Crippen LogP contribution >= 0.6 is 12.4 Å². The number of hydrogen-bond acceptors (Lipinski definition) is 7. The molecule has 0 fully saturated rings. The predicted molar refractivity (Wildman–Crippen MR) is 103 cm³/mol. The molecule has 0 saturated heterocycles. The average Bonchev–Trinajstić information content (AvgIpc) is 2.56. The van der Waals surface area contributed by atoms with Gasteiger partial charge < -0.3 is 14.9 Å². The Bertz CT molecular complexity index is 770. The van der Waals surface area contributed by atoms with Gasteiger partial charge in [-0.2, -0.15) is 4.31 Å². The van der Waals surface area contributed by atoms with E-state index in [0.29, 0.717) is 6.54 Å². The molecule has 0 heterocycles. The molecular formula is C15H25ClN4O6S. The quantitative estimate of drug-likeness (QED) is 0.445. The highest BCUT2D eigenvalue weighted by Gasteiger charge is 2.34. The number of hydrogen-bond donors (Lipinski definition) is 1. The van der Waals surface area contributed by atoms with E-state index in [1.54, 1.807) is 19.0 Å². The first-order valence-electron chi connectivity index (χ1n) is 7.78. The molecule has 0 aliphatic carbocycles. The van der Waals surface area contributed by atoms with Crippen LogP contribution in [0.3, 0.4) is 0 Å². The first kappa shape index (κ1) is 25.2. The van der Waals surface area contributed by atoms with Crippen LogP contribution in [-0.4, -0.2) is 92.9 Å². The van der Waals surface area contributed by atoms with Crippen molar-refractivity contribution in [1.29, 1.82) is 0 Å². The van der Waals surface area contributed by atoms with E-state index >= 15 is 0 Å². The summed E-state index contributed by atoms with van der Waals surface area (Å²) >= 11 is 0. The summed E-state index contributed by atoms with van der Waals surface area (Å²) in [4.78, 5) is 25.4. The van der Waals surface area contributed by atoms with Gasteiger partial charge in [0.15, 0.2) is 0 Å². The summed E-state index contributed by atoms with van der Waals surface area (Å²) in [5.74, 6) is -0.785. The lowest BCUT2D eigenvalue weighted by atomic mass is 10.1. The number of amides is 1. The van der Waals surface area contributed by atoms with Crippen molar-refractivity contribution >= 4 is 34.0 Å². The number of benzene rings is 1. The smallest absolute Gasteiger partial charge is 0.283 e. The zero-order chi connectivity index (χ0) is 20.1. The molecular weight excluding hydrogens is 400 g/mol. The minimum Gasteiger partial charge on any atom is -0.395 e. The number of aliphatic hydroxyl groups is 1. The van der Waals surface area contributed by atoms with Crippen LogP contribution in [0.15, 0.2) is 23.1 Å². The van der Waals surface area contributed by atoms with Crippen LogP contribution < -0.4 is 0 Å². The van der Waals surface area contributed by atoms with Crippen molar-refractivity contribution < 1.29 is 23.2 Å². The van der Waals surface area contributed by atoms with Gasteiger partial charge in [-0.1, -0.05) is 6.07 Å². The molecule has 10 nitrogen and oxygen atoms in total. The summed E-state index contributed by atoms with van der Waals surface area (Å²) in [6.45, 7) is -0.160. The SMILES string of the molecule is CN(C)CCN(CCO)S(=O)(=O)c1cccc([N+](=O)[O-])c1C(=O)N(C)C.Cl. The van der Waals surface area contributed by atoms with Crippen molar-refractivity contribution in [1.82, 2.24) is 14.1 Å². The number of aliphatic hydroxyl groups excluding tert-OH is 1. The monoisotopic (exact) mass is 424 g/mol. The second-order valence-electron chi connectivity index (χ2n) is 6.04. The fourth-order valence-electron chi connectivity index (χ4n) is 2.24. The number of nitro groups is 1. The van der Waals surface area contributed by atoms with Crippen LogP contribution in [0.1, 0.15) is 10.4 Å². The van der Waals surface area contributed by atoms with Crippen LogP contribution in [0.5, 0.6) is 0 Å². The third-order valence-electron chi connectivity index (χ3n) is 3.58. The predicted octanol–water partition coefficient (Wildman–Crippen LogP) is 0.263. The molecule has 1 amide bonds. The highest BCUT2D eigenvalue weighted by Crippen LogP contribution is 2.29. The molecule has 0 aliphatic heterocycles. The summed E-state index contributed by atoms with van der Waals surface area (Å²) < 4.78 is 27.1. The first-order valence-corrected chi connectivity index (χ1v) is 9.22. The number of halogens is 1. The van der Waals surface area contributed by atoms with Crippen molar-refractivity contribution in [3.8, 4) is 0 Å². The summed E-state index contributed by atoms with van der Waals surface area (Å²) in [5, 5.41) is 20.5. The lowest BCUT2D eigenvalue weighted by Crippen LogP contribution is -2.39. The van der Waals surface area contributed by atoms with E-state index in [1.807, 2.05) is 0 Å². The lowest BCUT2D eigenvalue weighted by Gasteiger charge is -2.24. The van der Waals surface area contributed by atoms with E-state index in [4.69, 9.17) is 0 Å². The van der Waals surface area contributed by atoms with Gasteiger partial charge in [0.25, 0.3) is 11.6 Å². The van der Waals surface area contributed by atoms with Gasteiger partial charge in [0.1, 0.15) is 10.5 Å². The van der Waals surface area contributed by atoms with Crippen molar-refractivity contribution in [2.24, 2.45) is 0 Å². The molecule has 0 aromatic heterocycles.